The molecule has 4 saturated carbocycles. The average Bonchev–Trinajstić information content (AvgIpc) is 2.73. The van der Waals surface area contributed by atoms with Gasteiger partial charge in [-0.15, -0.1) is 0 Å². The van der Waals surface area contributed by atoms with Crippen LogP contribution in [0.2, 0.25) is 0 Å². The highest BCUT2D eigenvalue weighted by atomic mass is 16.6. The van der Waals surface area contributed by atoms with Gasteiger partial charge in [-0.3, -0.25) is 0 Å². The molecular formula is C18H18O3. The summed E-state index contributed by atoms with van der Waals surface area (Å²) >= 11 is 0. The van der Waals surface area contributed by atoms with Crippen molar-refractivity contribution in [2.24, 2.45) is 17.8 Å². The quantitative estimate of drug-likeness (QED) is 0.585. The molecular weight excluding hydrogens is 264 g/mol. The van der Waals surface area contributed by atoms with Crippen LogP contribution in [0.15, 0.2) is 18.2 Å². The summed E-state index contributed by atoms with van der Waals surface area (Å²) in [5.41, 5.74) is 2.29. The van der Waals surface area contributed by atoms with Crippen LogP contribution in [0.25, 0.3) is 0 Å². The summed E-state index contributed by atoms with van der Waals surface area (Å²) in [6, 6.07) is 5.73. The minimum Gasteiger partial charge on any atom is -0.386 e. The highest BCUT2D eigenvalue weighted by molar-refractivity contribution is 6.15. The molecule has 1 aromatic carbocycles. The first kappa shape index (κ1) is 12.0. The van der Waals surface area contributed by atoms with E-state index in [9.17, 15) is 9.59 Å². The van der Waals surface area contributed by atoms with Crippen LogP contribution in [0.1, 0.15) is 64.8 Å². The largest absolute Gasteiger partial charge is 0.386 e. The number of cyclic esters (lactones) is 2. The lowest BCUT2D eigenvalue weighted by Crippen LogP contribution is -2.49. The summed E-state index contributed by atoms with van der Waals surface area (Å²) in [5.74, 6) is 1.56. The van der Waals surface area contributed by atoms with Crippen molar-refractivity contribution in [1.82, 2.24) is 0 Å². The zero-order chi connectivity index (χ0) is 14.2. The lowest BCUT2D eigenvalue weighted by molar-refractivity contribution is -0.00574. The Balaban J connectivity index is 1.69. The van der Waals surface area contributed by atoms with Crippen LogP contribution in [0.3, 0.4) is 0 Å². The summed E-state index contributed by atoms with van der Waals surface area (Å²) in [6.45, 7) is 0. The second-order valence-corrected chi connectivity index (χ2v) is 7.60. The predicted octanol–water partition coefficient (Wildman–Crippen LogP) is 3.47. The summed E-state index contributed by atoms with van der Waals surface area (Å²) in [5, 5.41) is 0. The van der Waals surface area contributed by atoms with Gasteiger partial charge in [0.1, 0.15) is 0 Å². The van der Waals surface area contributed by atoms with E-state index in [4.69, 9.17) is 4.74 Å². The second-order valence-electron chi connectivity index (χ2n) is 7.60. The Bertz CT molecular complexity index is 638. The molecule has 0 atom stereocenters. The van der Waals surface area contributed by atoms with Crippen molar-refractivity contribution in [3.05, 3.63) is 34.9 Å². The van der Waals surface area contributed by atoms with Gasteiger partial charge in [0.25, 0.3) is 0 Å². The van der Waals surface area contributed by atoms with E-state index in [2.05, 4.69) is 6.07 Å². The highest BCUT2D eigenvalue weighted by Crippen LogP contribution is 2.61. The number of hydrogen-bond acceptors (Lipinski definition) is 3. The molecule has 4 aliphatic carbocycles. The van der Waals surface area contributed by atoms with E-state index in [0.29, 0.717) is 11.1 Å². The van der Waals surface area contributed by atoms with E-state index < -0.39 is 11.9 Å². The van der Waals surface area contributed by atoms with Crippen molar-refractivity contribution in [2.45, 2.75) is 43.9 Å². The van der Waals surface area contributed by atoms with Gasteiger partial charge in [0, 0.05) is 0 Å². The van der Waals surface area contributed by atoms with Crippen LogP contribution in [0, 0.1) is 17.8 Å². The highest BCUT2D eigenvalue weighted by Gasteiger charge is 2.53. The Morgan fingerprint density at radius 1 is 0.905 bits per heavy atom. The van der Waals surface area contributed by atoms with E-state index in [1.807, 2.05) is 6.07 Å². The van der Waals surface area contributed by atoms with Crippen molar-refractivity contribution in [3.63, 3.8) is 0 Å². The van der Waals surface area contributed by atoms with Gasteiger partial charge < -0.3 is 4.74 Å². The van der Waals surface area contributed by atoms with E-state index in [1.165, 1.54) is 38.5 Å². The lowest BCUT2D eigenvalue weighted by atomic mass is 9.47. The molecule has 1 heterocycles. The molecule has 1 aromatic rings. The molecule has 1 aliphatic heterocycles. The smallest absolute Gasteiger partial charge is 0.347 e. The topological polar surface area (TPSA) is 43.4 Å². The van der Waals surface area contributed by atoms with E-state index in [0.717, 1.165) is 23.3 Å². The minimum atomic E-state index is -0.471. The first-order chi connectivity index (χ1) is 10.1. The van der Waals surface area contributed by atoms with Gasteiger partial charge in [0.15, 0.2) is 0 Å². The molecule has 21 heavy (non-hydrogen) atoms. The van der Waals surface area contributed by atoms with Gasteiger partial charge in [-0.1, -0.05) is 12.1 Å². The Morgan fingerprint density at radius 2 is 1.52 bits per heavy atom. The molecule has 4 fully saturated rings. The molecule has 5 aliphatic rings. The molecule has 0 N–H and O–H groups in total. The number of benzene rings is 1. The Labute approximate surface area is 123 Å². The zero-order valence-corrected chi connectivity index (χ0v) is 11.9. The summed E-state index contributed by atoms with van der Waals surface area (Å²) in [4.78, 5) is 24.0. The predicted molar refractivity (Wildman–Crippen MR) is 76.0 cm³/mol. The molecule has 0 amide bonds. The molecule has 3 heteroatoms. The van der Waals surface area contributed by atoms with Gasteiger partial charge in [0.05, 0.1) is 11.1 Å². The third-order valence-electron chi connectivity index (χ3n) is 6.28. The van der Waals surface area contributed by atoms with Crippen molar-refractivity contribution < 1.29 is 14.3 Å². The first-order valence-electron chi connectivity index (χ1n) is 8.05. The molecule has 4 bridgehead atoms. The molecule has 0 spiro atoms. The fraction of sp³-hybridized carbons (Fsp3) is 0.556. The number of esters is 2. The van der Waals surface area contributed by atoms with Crippen LogP contribution in [0.4, 0.5) is 0 Å². The van der Waals surface area contributed by atoms with Crippen molar-refractivity contribution >= 4 is 11.9 Å². The number of carbonyl (C=O) groups excluding carboxylic acids is 2. The van der Waals surface area contributed by atoms with E-state index >= 15 is 0 Å². The Kier molecular flexibility index (Phi) is 2.14. The average molecular weight is 282 g/mol. The standard InChI is InChI=1S/C18H18O3/c19-16-13-2-1-3-14(15(13)17(20)21-16)18-7-10-4-11(8-18)6-12(5-10)9-18/h1-3,10-12H,4-9H2. The normalized spacial score (nSPS) is 39.5. The van der Waals surface area contributed by atoms with Crippen LogP contribution in [-0.4, -0.2) is 11.9 Å². The maximum absolute atomic E-state index is 12.1. The SMILES string of the molecule is O=C1OC(=O)c2c1cccc2C12CC3CC(CC(C3)C1)C2. The van der Waals surface area contributed by atoms with E-state index in [1.54, 1.807) is 6.07 Å². The van der Waals surface area contributed by atoms with Gasteiger partial charge in [-0.05, 0) is 73.3 Å². The summed E-state index contributed by atoms with van der Waals surface area (Å²) in [7, 11) is 0. The summed E-state index contributed by atoms with van der Waals surface area (Å²) in [6.07, 6.45) is 7.69. The number of carbonyl (C=O) groups is 2. The van der Waals surface area contributed by atoms with Crippen LogP contribution in [-0.2, 0) is 10.2 Å². The van der Waals surface area contributed by atoms with Crippen LogP contribution >= 0.6 is 0 Å². The van der Waals surface area contributed by atoms with Crippen LogP contribution in [0.5, 0.6) is 0 Å². The molecule has 0 aromatic heterocycles. The Hall–Kier alpha value is -1.64. The maximum Gasteiger partial charge on any atom is 0.347 e. The van der Waals surface area contributed by atoms with Crippen molar-refractivity contribution in [2.75, 3.05) is 0 Å². The molecule has 0 radical (unpaired) electrons. The molecule has 108 valence electrons. The van der Waals surface area contributed by atoms with Crippen LogP contribution < -0.4 is 0 Å². The van der Waals surface area contributed by atoms with Gasteiger partial charge >= 0.3 is 11.9 Å². The minimum absolute atomic E-state index is 0.129. The number of ether oxygens (including phenoxy) is 1. The number of hydrogen-bond donors (Lipinski definition) is 0. The summed E-state index contributed by atoms with van der Waals surface area (Å²) < 4.78 is 4.86. The van der Waals surface area contributed by atoms with Crippen molar-refractivity contribution in [3.8, 4) is 0 Å². The fourth-order valence-electron chi connectivity index (χ4n) is 6.01. The monoisotopic (exact) mass is 282 g/mol. The Morgan fingerprint density at radius 3 is 2.14 bits per heavy atom. The number of rotatable bonds is 1. The third kappa shape index (κ3) is 1.49. The van der Waals surface area contributed by atoms with Gasteiger partial charge in [0.2, 0.25) is 0 Å². The zero-order valence-electron chi connectivity index (χ0n) is 11.9. The lowest BCUT2D eigenvalue weighted by Gasteiger charge is -2.57. The third-order valence-corrected chi connectivity index (χ3v) is 6.28. The molecule has 3 nitrogen and oxygen atoms in total. The first-order valence-corrected chi connectivity index (χ1v) is 8.05. The van der Waals surface area contributed by atoms with Gasteiger partial charge in [-0.2, -0.15) is 0 Å². The fourth-order valence-corrected chi connectivity index (χ4v) is 6.01. The molecule has 0 saturated heterocycles. The second kappa shape index (κ2) is 3.76. The molecule has 6 rings (SSSR count). The number of fused-ring (bicyclic) bond motifs is 1. The maximum atomic E-state index is 12.1. The van der Waals surface area contributed by atoms with Crippen molar-refractivity contribution in [1.29, 1.82) is 0 Å². The van der Waals surface area contributed by atoms with Gasteiger partial charge in [-0.25, -0.2) is 9.59 Å². The van der Waals surface area contributed by atoms with E-state index in [-0.39, 0.29) is 5.41 Å². The molecule has 0 unspecified atom stereocenters.